The third-order valence-electron chi connectivity index (χ3n) is 4.70. The molecule has 0 amide bonds. The molecule has 0 aliphatic carbocycles. The quantitative estimate of drug-likeness (QED) is 0.496. The Morgan fingerprint density at radius 2 is 1.50 bits per heavy atom. The van der Waals surface area contributed by atoms with E-state index in [0.717, 1.165) is 16.7 Å². The van der Waals surface area contributed by atoms with Crippen LogP contribution in [0.3, 0.4) is 0 Å². The molecule has 0 saturated heterocycles. The van der Waals surface area contributed by atoms with Crippen molar-refractivity contribution >= 4 is 27.6 Å². The average Bonchev–Trinajstić information content (AvgIpc) is 2.73. The molecule has 0 aliphatic rings. The van der Waals surface area contributed by atoms with Crippen LogP contribution in [0.15, 0.2) is 83.8 Å². The zero-order valence-electron chi connectivity index (χ0n) is 16.2. The van der Waals surface area contributed by atoms with E-state index in [-0.39, 0.29) is 11.3 Å². The van der Waals surface area contributed by atoms with E-state index in [1.165, 1.54) is 12.1 Å². The fraction of sp³-hybridized carbons (Fsp3) is 0.174. The van der Waals surface area contributed by atoms with Crippen molar-refractivity contribution in [3.63, 3.8) is 0 Å². The predicted molar refractivity (Wildman–Crippen MR) is 117 cm³/mol. The minimum absolute atomic E-state index is 0.120. The number of carboxylic acids is 1. The normalized spacial score (nSPS) is 12.4. The van der Waals surface area contributed by atoms with Crippen molar-refractivity contribution in [1.29, 1.82) is 0 Å². The molecule has 0 fully saturated rings. The fourth-order valence-electron chi connectivity index (χ4n) is 3.13. The van der Waals surface area contributed by atoms with Crippen molar-refractivity contribution in [3.05, 3.63) is 101 Å². The van der Waals surface area contributed by atoms with Gasteiger partial charge in [-0.2, -0.15) is 4.72 Å². The van der Waals surface area contributed by atoms with Gasteiger partial charge in [0.15, 0.2) is 0 Å². The molecule has 0 aliphatic heterocycles. The summed E-state index contributed by atoms with van der Waals surface area (Å²) in [6.07, 6.45) is 1.33. The first-order valence-corrected chi connectivity index (χ1v) is 11.3. The lowest BCUT2D eigenvalue weighted by molar-refractivity contribution is -0.137. The summed E-state index contributed by atoms with van der Waals surface area (Å²) in [5, 5.41) is 9.24. The Bertz CT molecular complexity index is 1080. The first-order valence-electron chi connectivity index (χ1n) is 9.48. The number of hydrogen-bond acceptors (Lipinski definition) is 3. The number of aliphatic carboxylic acids is 1. The molecule has 3 aromatic rings. The Morgan fingerprint density at radius 3 is 2.10 bits per heavy atom. The molecule has 0 saturated carbocycles. The summed E-state index contributed by atoms with van der Waals surface area (Å²) in [6, 6.07) is 22.4. The highest BCUT2D eigenvalue weighted by Gasteiger charge is 2.23. The largest absolute Gasteiger partial charge is 0.481 e. The van der Waals surface area contributed by atoms with Gasteiger partial charge < -0.3 is 5.11 Å². The topological polar surface area (TPSA) is 83.5 Å². The molecule has 5 nitrogen and oxygen atoms in total. The predicted octanol–water partition coefficient (Wildman–Crippen LogP) is 4.82. The van der Waals surface area contributed by atoms with Crippen LogP contribution >= 0.6 is 11.6 Å². The summed E-state index contributed by atoms with van der Waals surface area (Å²) < 4.78 is 28.7. The van der Waals surface area contributed by atoms with Crippen molar-refractivity contribution in [2.75, 3.05) is 0 Å². The second kappa shape index (κ2) is 9.89. The smallest absolute Gasteiger partial charge is 0.303 e. The van der Waals surface area contributed by atoms with Crippen LogP contribution in [0.4, 0.5) is 0 Å². The van der Waals surface area contributed by atoms with Gasteiger partial charge in [-0.15, -0.1) is 0 Å². The zero-order valence-corrected chi connectivity index (χ0v) is 17.7. The number of nitrogens with one attached hydrogen (secondary N) is 1. The zero-order chi connectivity index (χ0) is 21.6. The van der Waals surface area contributed by atoms with Crippen LogP contribution in [0, 0.1) is 0 Å². The number of benzene rings is 3. The minimum atomic E-state index is -3.78. The monoisotopic (exact) mass is 443 g/mol. The van der Waals surface area contributed by atoms with Crippen molar-refractivity contribution in [2.45, 2.75) is 30.2 Å². The molecule has 3 rings (SSSR count). The lowest BCUT2D eigenvalue weighted by Crippen LogP contribution is -2.29. The van der Waals surface area contributed by atoms with Gasteiger partial charge in [-0.05, 0) is 53.8 Å². The van der Waals surface area contributed by atoms with Crippen LogP contribution in [-0.2, 0) is 21.2 Å². The second-order valence-electron chi connectivity index (χ2n) is 6.91. The van der Waals surface area contributed by atoms with E-state index in [9.17, 15) is 13.2 Å². The van der Waals surface area contributed by atoms with Crippen LogP contribution in [0.2, 0.25) is 5.02 Å². The fourth-order valence-corrected chi connectivity index (χ4v) is 4.47. The number of rotatable bonds is 9. The highest BCUT2D eigenvalue weighted by molar-refractivity contribution is 7.89. The van der Waals surface area contributed by atoms with E-state index in [1.54, 1.807) is 12.1 Å². The van der Waals surface area contributed by atoms with E-state index < -0.39 is 22.0 Å². The summed E-state index contributed by atoms with van der Waals surface area (Å²) in [5.41, 5.74) is 2.61. The third kappa shape index (κ3) is 5.92. The molecule has 0 bridgehead atoms. The molecule has 156 valence electrons. The lowest BCUT2D eigenvalue weighted by atomic mass is 9.97. The molecule has 0 radical (unpaired) electrons. The summed E-state index contributed by atoms with van der Waals surface area (Å²) in [4.78, 5) is 10.8. The maximum absolute atomic E-state index is 13.0. The Kier molecular flexibility index (Phi) is 7.26. The summed E-state index contributed by atoms with van der Waals surface area (Å²) >= 11 is 5.88. The number of halogens is 1. The SMILES string of the molecule is O=C(O)CCCc1ccc([C@H](NS(=O)(=O)c2ccc(Cl)cc2)c2ccccc2)cc1. The van der Waals surface area contributed by atoms with Gasteiger partial charge >= 0.3 is 5.97 Å². The Labute approximate surface area is 181 Å². The highest BCUT2D eigenvalue weighted by atomic mass is 35.5. The molecular weight excluding hydrogens is 422 g/mol. The summed E-state index contributed by atoms with van der Waals surface area (Å²) in [5.74, 6) is -0.813. The molecular formula is C23H22ClNO4S. The molecule has 30 heavy (non-hydrogen) atoms. The first-order chi connectivity index (χ1) is 14.3. The van der Waals surface area contributed by atoms with Gasteiger partial charge in [0.2, 0.25) is 10.0 Å². The van der Waals surface area contributed by atoms with Crippen molar-refractivity contribution in [3.8, 4) is 0 Å². The van der Waals surface area contributed by atoms with Crippen molar-refractivity contribution in [1.82, 2.24) is 4.72 Å². The second-order valence-corrected chi connectivity index (χ2v) is 9.06. The molecule has 2 N–H and O–H groups in total. The molecule has 0 spiro atoms. The standard InChI is InChI=1S/C23H22ClNO4S/c24-20-13-15-21(16-14-20)30(28,29)25-23(18-6-2-1-3-7-18)19-11-9-17(10-12-19)5-4-8-22(26)27/h1-3,6-7,9-16,23,25H,4-5,8H2,(H,26,27)/t23-/m1/s1. The number of hydrogen-bond donors (Lipinski definition) is 2. The molecule has 0 heterocycles. The molecule has 0 unspecified atom stereocenters. The number of carboxylic acid groups (broad SMARTS) is 1. The van der Waals surface area contributed by atoms with Crippen LogP contribution in [0.1, 0.15) is 35.6 Å². The van der Waals surface area contributed by atoms with Gasteiger partial charge in [-0.25, -0.2) is 8.42 Å². The van der Waals surface area contributed by atoms with E-state index in [1.807, 2.05) is 54.6 Å². The number of carbonyl (C=O) groups is 1. The van der Waals surface area contributed by atoms with Gasteiger partial charge in [-0.3, -0.25) is 4.79 Å². The number of sulfonamides is 1. The minimum Gasteiger partial charge on any atom is -0.481 e. The Hall–Kier alpha value is -2.67. The van der Waals surface area contributed by atoms with Crippen LogP contribution < -0.4 is 4.72 Å². The van der Waals surface area contributed by atoms with E-state index in [2.05, 4.69) is 4.72 Å². The van der Waals surface area contributed by atoms with Crippen LogP contribution in [-0.4, -0.2) is 19.5 Å². The maximum atomic E-state index is 13.0. The maximum Gasteiger partial charge on any atom is 0.303 e. The molecule has 1 atom stereocenters. The van der Waals surface area contributed by atoms with E-state index in [0.29, 0.717) is 17.9 Å². The molecule has 0 aromatic heterocycles. The highest BCUT2D eigenvalue weighted by Crippen LogP contribution is 2.26. The van der Waals surface area contributed by atoms with Gasteiger partial charge in [0.1, 0.15) is 0 Å². The summed E-state index contributed by atoms with van der Waals surface area (Å²) in [6.45, 7) is 0. The average molecular weight is 444 g/mol. The number of aryl methyl sites for hydroxylation is 1. The third-order valence-corrected chi connectivity index (χ3v) is 6.39. The van der Waals surface area contributed by atoms with E-state index >= 15 is 0 Å². The van der Waals surface area contributed by atoms with Crippen LogP contribution in [0.5, 0.6) is 0 Å². The van der Waals surface area contributed by atoms with Crippen LogP contribution in [0.25, 0.3) is 0 Å². The Morgan fingerprint density at radius 1 is 0.900 bits per heavy atom. The van der Waals surface area contributed by atoms with Gasteiger partial charge in [0.25, 0.3) is 0 Å². The Balaban J connectivity index is 1.86. The van der Waals surface area contributed by atoms with Gasteiger partial charge in [0, 0.05) is 11.4 Å². The van der Waals surface area contributed by atoms with Gasteiger partial charge in [0.05, 0.1) is 10.9 Å². The lowest BCUT2D eigenvalue weighted by Gasteiger charge is -2.20. The summed E-state index contributed by atoms with van der Waals surface area (Å²) in [7, 11) is -3.78. The van der Waals surface area contributed by atoms with Gasteiger partial charge in [-0.1, -0.05) is 66.2 Å². The van der Waals surface area contributed by atoms with E-state index in [4.69, 9.17) is 16.7 Å². The first kappa shape index (κ1) is 22.0. The van der Waals surface area contributed by atoms with Crippen molar-refractivity contribution < 1.29 is 18.3 Å². The molecule has 3 aromatic carbocycles. The molecule has 7 heteroatoms. The van der Waals surface area contributed by atoms with Crippen molar-refractivity contribution in [2.24, 2.45) is 0 Å².